The summed E-state index contributed by atoms with van der Waals surface area (Å²) in [6.07, 6.45) is -3.06. The van der Waals surface area contributed by atoms with Gasteiger partial charge in [-0.15, -0.1) is 11.3 Å². The minimum absolute atomic E-state index is 0.00565. The van der Waals surface area contributed by atoms with Crippen LogP contribution in [0.15, 0.2) is 18.3 Å². The van der Waals surface area contributed by atoms with Crippen LogP contribution < -0.4 is 0 Å². The van der Waals surface area contributed by atoms with E-state index in [4.69, 9.17) is 8.92 Å². The molecule has 0 spiro atoms. The normalized spacial score (nSPS) is 16.1. The number of rotatable bonds is 6. The van der Waals surface area contributed by atoms with Crippen LogP contribution in [0.2, 0.25) is 0 Å². The number of fused-ring (bicyclic) bond motifs is 1. The fourth-order valence-corrected chi connectivity index (χ4v) is 6.08. The highest BCUT2D eigenvalue weighted by Gasteiger charge is 2.38. The summed E-state index contributed by atoms with van der Waals surface area (Å²) < 4.78 is 89.9. The Morgan fingerprint density at radius 3 is 2.51 bits per heavy atom. The van der Waals surface area contributed by atoms with Gasteiger partial charge in [-0.25, -0.2) is 14.2 Å². The van der Waals surface area contributed by atoms with Crippen molar-refractivity contribution in [1.82, 2.24) is 19.8 Å². The zero-order valence-corrected chi connectivity index (χ0v) is 25.8. The van der Waals surface area contributed by atoms with E-state index in [2.05, 4.69) is 9.97 Å². The fourth-order valence-electron chi connectivity index (χ4n) is 4.61. The molecule has 10 nitrogen and oxygen atoms in total. The lowest BCUT2D eigenvalue weighted by molar-refractivity contribution is -0.141. The van der Waals surface area contributed by atoms with Gasteiger partial charge < -0.3 is 14.5 Å². The molecule has 0 unspecified atom stereocenters. The second-order valence-corrected chi connectivity index (χ2v) is 13.9. The predicted octanol–water partition coefficient (Wildman–Crippen LogP) is 5.38. The number of alkyl halides is 3. The first-order valence-corrected chi connectivity index (χ1v) is 15.6. The van der Waals surface area contributed by atoms with E-state index in [0.29, 0.717) is 6.42 Å². The van der Waals surface area contributed by atoms with E-state index in [1.165, 1.54) is 29.0 Å². The highest BCUT2D eigenvalue weighted by molar-refractivity contribution is 7.85. The first kappa shape index (κ1) is 32.5. The Hall–Kier alpha value is -3.37. The number of likely N-dealkylation sites (tertiary alicyclic amines) is 1. The first-order chi connectivity index (χ1) is 19.8. The zero-order valence-electron chi connectivity index (χ0n) is 24.2. The van der Waals surface area contributed by atoms with Crippen molar-refractivity contribution < 1.29 is 44.5 Å². The lowest BCUT2D eigenvalue weighted by Crippen LogP contribution is -2.42. The van der Waals surface area contributed by atoms with Gasteiger partial charge in [-0.3, -0.25) is 14.0 Å². The van der Waals surface area contributed by atoms with Crippen LogP contribution in [-0.4, -0.2) is 78.2 Å². The summed E-state index contributed by atoms with van der Waals surface area (Å²) in [7, 11) is -2.37. The summed E-state index contributed by atoms with van der Waals surface area (Å²) in [6.45, 7) is 6.19. The third-order valence-electron chi connectivity index (χ3n) is 6.64. The van der Waals surface area contributed by atoms with Crippen molar-refractivity contribution in [3.05, 3.63) is 45.8 Å². The van der Waals surface area contributed by atoms with Crippen LogP contribution in [0.4, 0.5) is 22.4 Å². The average molecular weight is 647 g/mol. The number of hydrogen-bond donors (Lipinski definition) is 0. The van der Waals surface area contributed by atoms with Crippen LogP contribution in [0.1, 0.15) is 53.7 Å². The molecule has 4 rings (SSSR count). The second-order valence-electron chi connectivity index (χ2n) is 11.2. The van der Waals surface area contributed by atoms with Gasteiger partial charge in [0.25, 0.3) is 16.0 Å². The maximum atomic E-state index is 15.2. The van der Waals surface area contributed by atoms with Crippen LogP contribution in [0.3, 0.4) is 0 Å². The molecule has 3 aromatic rings. The summed E-state index contributed by atoms with van der Waals surface area (Å²) in [5.41, 5.74) is -2.65. The summed E-state index contributed by atoms with van der Waals surface area (Å²) >= 11 is 0.739. The van der Waals surface area contributed by atoms with E-state index in [1.807, 2.05) is 0 Å². The number of halogens is 4. The maximum Gasteiger partial charge on any atom is 0.433 e. The molecule has 43 heavy (non-hydrogen) atoms. The van der Waals surface area contributed by atoms with Crippen LogP contribution in [-0.2, 0) is 31.8 Å². The van der Waals surface area contributed by atoms with Crippen molar-refractivity contribution in [3.8, 4) is 11.3 Å². The Morgan fingerprint density at radius 1 is 1.23 bits per heavy atom. The van der Waals surface area contributed by atoms with E-state index in [9.17, 15) is 31.2 Å². The van der Waals surface area contributed by atoms with Gasteiger partial charge >= 0.3 is 12.3 Å². The van der Waals surface area contributed by atoms with Gasteiger partial charge in [0, 0.05) is 31.9 Å². The van der Waals surface area contributed by atoms with Crippen LogP contribution in [0.5, 0.6) is 0 Å². The Bertz CT molecular complexity index is 1690. The number of amides is 2. The molecule has 1 atom stereocenters. The maximum absolute atomic E-state index is 15.2. The zero-order chi connectivity index (χ0) is 32.1. The predicted molar refractivity (Wildman–Crippen MR) is 150 cm³/mol. The summed E-state index contributed by atoms with van der Waals surface area (Å²) in [6, 6.07) is 1.69. The summed E-state index contributed by atoms with van der Waals surface area (Å²) in [5.74, 6) is -1.51. The van der Waals surface area contributed by atoms with Crippen molar-refractivity contribution in [2.45, 2.75) is 58.5 Å². The Kier molecular flexibility index (Phi) is 8.79. The molecule has 1 saturated heterocycles. The molecule has 1 aliphatic rings. The topological polar surface area (TPSA) is 119 Å². The van der Waals surface area contributed by atoms with Crippen molar-refractivity contribution in [2.24, 2.45) is 0 Å². The highest BCUT2D eigenvalue weighted by atomic mass is 32.2. The molecule has 1 aliphatic heterocycles. The number of ether oxygens (including phenoxy) is 1. The monoisotopic (exact) mass is 646 g/mol. The number of carbonyl (C=O) groups excluding carboxylic acids is 2. The summed E-state index contributed by atoms with van der Waals surface area (Å²) in [5, 5.41) is 0. The van der Waals surface area contributed by atoms with Gasteiger partial charge in [-0.2, -0.15) is 21.6 Å². The van der Waals surface area contributed by atoms with Gasteiger partial charge in [0.15, 0.2) is 5.82 Å². The lowest BCUT2D eigenvalue weighted by atomic mass is 9.99. The van der Waals surface area contributed by atoms with E-state index >= 15 is 4.39 Å². The van der Waals surface area contributed by atoms with Crippen LogP contribution in [0, 0.1) is 12.7 Å². The Labute approximate surface area is 249 Å². The minimum Gasteiger partial charge on any atom is -0.444 e. The van der Waals surface area contributed by atoms with Gasteiger partial charge in [0.1, 0.15) is 23.4 Å². The minimum atomic E-state index is -4.85. The molecule has 0 bridgehead atoms. The van der Waals surface area contributed by atoms with Gasteiger partial charge in [0.05, 0.1) is 33.1 Å². The standard InChI is InChI=1S/C27H30F4N4O6S2/c1-14-11-18(27(29,30)31)33-21(16-7-9-32-22-20(28)17(42-23(16)22)13-40-43(6,38)39)19(14)24(36)35-10-8-15(12-35)34(5)25(37)41-26(2,3)4/h7,9,11,15H,8,10,12-13H2,1-6H3/t15-/m0/s1. The van der Waals surface area contributed by atoms with E-state index in [1.54, 1.807) is 27.8 Å². The molecule has 0 saturated carbocycles. The molecule has 1 fully saturated rings. The molecule has 4 heterocycles. The molecule has 234 valence electrons. The number of hydrogen-bond acceptors (Lipinski definition) is 9. The van der Waals surface area contributed by atoms with Gasteiger partial charge in [0.2, 0.25) is 0 Å². The van der Waals surface area contributed by atoms with Crippen molar-refractivity contribution in [3.63, 3.8) is 0 Å². The molecule has 0 radical (unpaired) electrons. The fraction of sp³-hybridized carbons (Fsp3) is 0.481. The number of aromatic nitrogens is 2. The van der Waals surface area contributed by atoms with Gasteiger partial charge in [-0.1, -0.05) is 0 Å². The molecule has 0 aliphatic carbocycles. The molecular formula is C27H30F4N4O6S2. The van der Waals surface area contributed by atoms with E-state index in [-0.39, 0.29) is 50.6 Å². The van der Waals surface area contributed by atoms with Crippen molar-refractivity contribution in [2.75, 3.05) is 26.4 Å². The third kappa shape index (κ3) is 7.24. The largest absolute Gasteiger partial charge is 0.444 e. The number of nitrogens with zero attached hydrogens (tertiary/aromatic N) is 4. The molecule has 0 N–H and O–H groups in total. The number of thiophene rings is 1. The second kappa shape index (κ2) is 11.6. The van der Waals surface area contributed by atoms with E-state index < -0.39 is 58.1 Å². The Morgan fingerprint density at radius 2 is 1.91 bits per heavy atom. The molecule has 0 aromatic carbocycles. The highest BCUT2D eigenvalue weighted by Crippen LogP contribution is 2.40. The molecule has 2 amide bonds. The van der Waals surface area contributed by atoms with Crippen molar-refractivity contribution in [1.29, 1.82) is 0 Å². The third-order valence-corrected chi connectivity index (χ3v) is 8.35. The quantitative estimate of drug-likeness (QED) is 0.259. The number of carbonyl (C=O) groups is 2. The molecular weight excluding hydrogens is 616 g/mol. The number of aryl methyl sites for hydroxylation is 1. The number of likely N-dealkylation sites (N-methyl/N-ethyl adjacent to an activating group) is 1. The molecule has 3 aromatic heterocycles. The van der Waals surface area contributed by atoms with Gasteiger partial charge in [-0.05, 0) is 51.8 Å². The van der Waals surface area contributed by atoms with Crippen LogP contribution in [0.25, 0.3) is 21.5 Å². The average Bonchev–Trinajstić information content (AvgIpc) is 3.49. The summed E-state index contributed by atoms with van der Waals surface area (Å²) in [4.78, 5) is 37.0. The number of pyridine rings is 2. The van der Waals surface area contributed by atoms with E-state index in [0.717, 1.165) is 23.7 Å². The van der Waals surface area contributed by atoms with Crippen molar-refractivity contribution >= 4 is 43.7 Å². The lowest BCUT2D eigenvalue weighted by Gasteiger charge is -2.28. The Balaban J connectivity index is 1.78. The molecule has 16 heteroatoms. The van der Waals surface area contributed by atoms with Crippen LogP contribution >= 0.6 is 11.3 Å². The first-order valence-electron chi connectivity index (χ1n) is 13.0. The SMILES string of the molecule is Cc1cc(C(F)(F)F)nc(-c2ccnc3c(F)c(COS(C)(=O)=O)sc23)c1C(=O)N1CC[C@H](N(C)C(=O)OC(C)(C)C)C1. The smallest absolute Gasteiger partial charge is 0.433 e.